The lowest BCUT2D eigenvalue weighted by molar-refractivity contribution is -0.151. The van der Waals surface area contributed by atoms with Crippen molar-refractivity contribution in [3.8, 4) is 0 Å². The van der Waals surface area contributed by atoms with Crippen LogP contribution in [0.2, 0.25) is 0 Å². The number of carbonyl (C=O) groups excluding carboxylic acids is 3. The predicted molar refractivity (Wildman–Crippen MR) is 55.4 cm³/mol. The first-order valence-corrected chi connectivity index (χ1v) is 4.83. The Morgan fingerprint density at radius 1 is 1.31 bits per heavy atom. The van der Waals surface area contributed by atoms with Crippen LogP contribution < -0.4 is 5.32 Å². The first kappa shape index (κ1) is 14.6. The van der Waals surface area contributed by atoms with Crippen LogP contribution >= 0.6 is 0 Å². The quantitative estimate of drug-likeness (QED) is 0.298. The van der Waals surface area contributed by atoms with E-state index in [0.29, 0.717) is 6.29 Å². The van der Waals surface area contributed by atoms with Crippen molar-refractivity contribution < 1.29 is 23.9 Å². The summed E-state index contributed by atoms with van der Waals surface area (Å²) in [6.45, 7) is 4.60. The number of ether oxygens (including phenoxy) is 2. The van der Waals surface area contributed by atoms with Crippen LogP contribution in [0.4, 0.5) is 0 Å². The minimum atomic E-state index is -0.629. The van der Waals surface area contributed by atoms with E-state index in [1.54, 1.807) is 20.8 Å². The lowest BCUT2D eigenvalue weighted by Crippen LogP contribution is -2.37. The molecule has 16 heavy (non-hydrogen) atoms. The lowest BCUT2D eigenvalue weighted by atomic mass is 9.96. The number of hydrogen-bond donors (Lipinski definition) is 1. The summed E-state index contributed by atoms with van der Waals surface area (Å²) >= 11 is 0. The van der Waals surface area contributed by atoms with E-state index >= 15 is 0 Å². The van der Waals surface area contributed by atoms with Crippen molar-refractivity contribution in [3.63, 3.8) is 0 Å². The zero-order valence-corrected chi connectivity index (χ0v) is 9.74. The summed E-state index contributed by atoms with van der Waals surface area (Å²) in [5.41, 5.74) is -0.527. The molecule has 1 amide bonds. The monoisotopic (exact) mass is 231 g/mol. The standard InChI is InChI=1S/C10H17NO5/c1-10(2,3)9(14)11-7-16-8(13)6-15-5-4-12/h4H,5-7H2,1-3H3,(H,11,14). The Labute approximate surface area is 94.3 Å². The highest BCUT2D eigenvalue weighted by atomic mass is 16.6. The van der Waals surface area contributed by atoms with Crippen LogP contribution in [0, 0.1) is 5.41 Å². The molecule has 0 aliphatic carbocycles. The van der Waals surface area contributed by atoms with Gasteiger partial charge < -0.3 is 19.6 Å². The third-order valence-corrected chi connectivity index (χ3v) is 1.55. The number of aldehydes is 1. The van der Waals surface area contributed by atoms with Crippen molar-refractivity contribution in [1.29, 1.82) is 0 Å². The van der Waals surface area contributed by atoms with Gasteiger partial charge in [-0.25, -0.2) is 4.79 Å². The van der Waals surface area contributed by atoms with Gasteiger partial charge >= 0.3 is 5.97 Å². The fourth-order valence-corrected chi connectivity index (χ4v) is 0.679. The summed E-state index contributed by atoms with van der Waals surface area (Å²) in [6.07, 6.45) is 0.536. The van der Waals surface area contributed by atoms with Crippen molar-refractivity contribution >= 4 is 18.2 Å². The van der Waals surface area contributed by atoms with E-state index in [4.69, 9.17) is 0 Å². The van der Waals surface area contributed by atoms with Crippen molar-refractivity contribution in [2.75, 3.05) is 19.9 Å². The molecule has 0 radical (unpaired) electrons. The van der Waals surface area contributed by atoms with Crippen LogP contribution in [0.25, 0.3) is 0 Å². The number of amides is 1. The molecule has 6 nitrogen and oxygen atoms in total. The molecule has 0 spiro atoms. The van der Waals surface area contributed by atoms with Crippen molar-refractivity contribution in [2.24, 2.45) is 5.41 Å². The van der Waals surface area contributed by atoms with Gasteiger partial charge in [0.15, 0.2) is 6.73 Å². The van der Waals surface area contributed by atoms with Gasteiger partial charge in [-0.3, -0.25) is 4.79 Å². The molecule has 0 saturated heterocycles. The molecule has 6 heteroatoms. The van der Waals surface area contributed by atoms with E-state index in [2.05, 4.69) is 14.8 Å². The van der Waals surface area contributed by atoms with E-state index in [1.165, 1.54) is 0 Å². The molecule has 0 atom stereocenters. The maximum Gasteiger partial charge on any atom is 0.333 e. The second-order valence-corrected chi connectivity index (χ2v) is 4.10. The molecule has 0 heterocycles. The lowest BCUT2D eigenvalue weighted by Gasteiger charge is -2.17. The second kappa shape index (κ2) is 6.95. The molecular weight excluding hydrogens is 214 g/mol. The molecule has 92 valence electrons. The van der Waals surface area contributed by atoms with Crippen LogP contribution in [-0.4, -0.2) is 38.1 Å². The van der Waals surface area contributed by atoms with Gasteiger partial charge in [0.25, 0.3) is 0 Å². The van der Waals surface area contributed by atoms with Gasteiger partial charge in [-0.15, -0.1) is 0 Å². The largest absolute Gasteiger partial charge is 0.443 e. The predicted octanol–water partition coefficient (Wildman–Crippen LogP) is -0.135. The summed E-state index contributed by atoms with van der Waals surface area (Å²) in [6, 6.07) is 0. The van der Waals surface area contributed by atoms with Crippen LogP contribution in [0.15, 0.2) is 0 Å². The Bertz CT molecular complexity index is 256. The van der Waals surface area contributed by atoms with E-state index in [-0.39, 0.29) is 25.9 Å². The highest BCUT2D eigenvalue weighted by Crippen LogP contribution is 2.11. The highest BCUT2D eigenvalue weighted by Gasteiger charge is 2.20. The van der Waals surface area contributed by atoms with Crippen LogP contribution in [0.3, 0.4) is 0 Å². The van der Waals surface area contributed by atoms with E-state index in [9.17, 15) is 14.4 Å². The summed E-state index contributed by atoms with van der Waals surface area (Å²) in [5.74, 6) is -0.842. The SMILES string of the molecule is CC(C)(C)C(=O)NCOC(=O)COCC=O. The Balaban J connectivity index is 3.62. The Morgan fingerprint density at radius 3 is 2.44 bits per heavy atom. The number of esters is 1. The number of carbonyl (C=O) groups is 3. The number of rotatable bonds is 6. The summed E-state index contributed by atoms with van der Waals surface area (Å²) in [4.78, 5) is 32.1. The maximum atomic E-state index is 11.3. The van der Waals surface area contributed by atoms with Crippen LogP contribution in [0.5, 0.6) is 0 Å². The van der Waals surface area contributed by atoms with Gasteiger partial charge in [-0.05, 0) is 0 Å². The molecule has 0 aromatic rings. The first-order chi connectivity index (χ1) is 7.38. The topological polar surface area (TPSA) is 81.7 Å². The number of hydrogen-bond acceptors (Lipinski definition) is 5. The molecular formula is C10H17NO5. The van der Waals surface area contributed by atoms with Crippen molar-refractivity contribution in [3.05, 3.63) is 0 Å². The summed E-state index contributed by atoms with van der Waals surface area (Å²) in [7, 11) is 0. The molecule has 0 aliphatic rings. The van der Waals surface area contributed by atoms with Crippen molar-refractivity contribution in [2.45, 2.75) is 20.8 Å². The Hall–Kier alpha value is -1.43. The van der Waals surface area contributed by atoms with E-state index < -0.39 is 11.4 Å². The molecule has 0 bridgehead atoms. The van der Waals surface area contributed by atoms with Gasteiger partial charge in [-0.2, -0.15) is 0 Å². The summed E-state index contributed by atoms with van der Waals surface area (Å²) < 4.78 is 9.26. The van der Waals surface area contributed by atoms with E-state index in [1.807, 2.05) is 0 Å². The average Bonchev–Trinajstić information content (AvgIpc) is 2.16. The van der Waals surface area contributed by atoms with Crippen molar-refractivity contribution in [1.82, 2.24) is 5.32 Å². The fourth-order valence-electron chi connectivity index (χ4n) is 0.679. The zero-order chi connectivity index (χ0) is 12.6. The Morgan fingerprint density at radius 2 is 1.94 bits per heavy atom. The van der Waals surface area contributed by atoms with Crippen LogP contribution in [-0.2, 0) is 23.9 Å². The fraction of sp³-hybridized carbons (Fsp3) is 0.700. The molecule has 0 saturated carbocycles. The molecule has 0 rings (SSSR count). The van der Waals surface area contributed by atoms with Crippen LogP contribution in [0.1, 0.15) is 20.8 Å². The smallest absolute Gasteiger partial charge is 0.333 e. The minimum absolute atomic E-state index is 0.149. The van der Waals surface area contributed by atoms with Gasteiger partial charge in [0, 0.05) is 5.41 Å². The van der Waals surface area contributed by atoms with Gasteiger partial charge in [0.2, 0.25) is 5.91 Å². The van der Waals surface area contributed by atoms with Gasteiger partial charge in [-0.1, -0.05) is 20.8 Å². The number of nitrogens with one attached hydrogen (secondary N) is 1. The Kier molecular flexibility index (Phi) is 6.32. The first-order valence-electron chi connectivity index (χ1n) is 4.83. The summed E-state index contributed by atoms with van der Waals surface area (Å²) in [5, 5.41) is 2.44. The maximum absolute atomic E-state index is 11.3. The molecule has 0 aromatic carbocycles. The van der Waals surface area contributed by atoms with Gasteiger partial charge in [0.1, 0.15) is 19.5 Å². The molecule has 0 fully saturated rings. The zero-order valence-electron chi connectivity index (χ0n) is 9.74. The molecule has 1 N–H and O–H groups in total. The normalized spacial score (nSPS) is 10.7. The van der Waals surface area contributed by atoms with E-state index in [0.717, 1.165) is 0 Å². The molecule has 0 aliphatic heterocycles. The minimum Gasteiger partial charge on any atom is -0.443 e. The molecule has 0 aromatic heterocycles. The third-order valence-electron chi connectivity index (χ3n) is 1.55. The second-order valence-electron chi connectivity index (χ2n) is 4.10. The third kappa shape index (κ3) is 6.94. The van der Waals surface area contributed by atoms with Gasteiger partial charge in [0.05, 0.1) is 0 Å². The average molecular weight is 231 g/mol. The molecule has 0 unspecified atom stereocenters. The highest BCUT2D eigenvalue weighted by molar-refractivity contribution is 5.81.